The van der Waals surface area contributed by atoms with Crippen LogP contribution in [0.3, 0.4) is 0 Å². The standard InChI is InChI=1S/C8H14BrNO2/c1-12-8(11)7(9)6-10-4-2-3-5-10/h7H,2-6H2,1H3. The number of likely N-dealkylation sites (tertiary alicyclic amines) is 1. The van der Waals surface area contributed by atoms with Crippen LogP contribution in [0.25, 0.3) is 0 Å². The van der Waals surface area contributed by atoms with E-state index in [1.54, 1.807) is 0 Å². The largest absolute Gasteiger partial charge is 0.468 e. The van der Waals surface area contributed by atoms with E-state index in [4.69, 9.17) is 0 Å². The molecule has 1 atom stereocenters. The van der Waals surface area contributed by atoms with Crippen LogP contribution in [-0.2, 0) is 9.53 Å². The van der Waals surface area contributed by atoms with E-state index in [1.165, 1.54) is 20.0 Å². The van der Waals surface area contributed by atoms with Crippen molar-refractivity contribution in [3.63, 3.8) is 0 Å². The lowest BCUT2D eigenvalue weighted by Crippen LogP contribution is -2.32. The van der Waals surface area contributed by atoms with Gasteiger partial charge in [0.2, 0.25) is 0 Å². The zero-order chi connectivity index (χ0) is 8.97. The van der Waals surface area contributed by atoms with Crippen molar-refractivity contribution in [1.29, 1.82) is 0 Å². The molecule has 12 heavy (non-hydrogen) atoms. The predicted molar refractivity (Wildman–Crippen MR) is 50.4 cm³/mol. The van der Waals surface area contributed by atoms with Crippen LogP contribution in [0.15, 0.2) is 0 Å². The molecule has 0 amide bonds. The first-order chi connectivity index (χ1) is 5.74. The number of halogens is 1. The third kappa shape index (κ3) is 2.75. The zero-order valence-corrected chi connectivity index (χ0v) is 8.84. The smallest absolute Gasteiger partial charge is 0.320 e. The van der Waals surface area contributed by atoms with Crippen molar-refractivity contribution < 1.29 is 9.53 Å². The van der Waals surface area contributed by atoms with Crippen LogP contribution in [0.4, 0.5) is 0 Å². The van der Waals surface area contributed by atoms with Gasteiger partial charge in [-0.1, -0.05) is 15.9 Å². The summed E-state index contributed by atoms with van der Waals surface area (Å²) in [5.74, 6) is -0.179. The number of hydrogen-bond acceptors (Lipinski definition) is 3. The Morgan fingerprint density at radius 1 is 1.58 bits per heavy atom. The fourth-order valence-corrected chi connectivity index (χ4v) is 1.99. The van der Waals surface area contributed by atoms with Crippen LogP contribution < -0.4 is 0 Å². The first kappa shape index (κ1) is 9.99. The van der Waals surface area contributed by atoms with Gasteiger partial charge in [-0.15, -0.1) is 0 Å². The number of nitrogens with zero attached hydrogens (tertiary/aromatic N) is 1. The Bertz CT molecular complexity index is 157. The minimum absolute atomic E-state index is 0.166. The van der Waals surface area contributed by atoms with E-state index < -0.39 is 0 Å². The molecule has 0 aromatic rings. The summed E-state index contributed by atoms with van der Waals surface area (Å²) >= 11 is 3.30. The highest BCUT2D eigenvalue weighted by atomic mass is 79.9. The molecule has 1 fully saturated rings. The van der Waals surface area contributed by atoms with Gasteiger partial charge in [-0.05, 0) is 25.9 Å². The SMILES string of the molecule is COC(=O)C(Br)CN1CCCC1. The highest BCUT2D eigenvalue weighted by molar-refractivity contribution is 9.10. The third-order valence-electron chi connectivity index (χ3n) is 2.07. The van der Waals surface area contributed by atoms with E-state index in [9.17, 15) is 4.79 Å². The number of methoxy groups -OCH3 is 1. The highest BCUT2D eigenvalue weighted by Crippen LogP contribution is 2.11. The van der Waals surface area contributed by atoms with Crippen molar-refractivity contribution in [3.8, 4) is 0 Å². The Labute approximate surface area is 81.2 Å². The van der Waals surface area contributed by atoms with E-state index in [2.05, 4.69) is 25.6 Å². The molecule has 70 valence electrons. The maximum atomic E-state index is 11.0. The zero-order valence-electron chi connectivity index (χ0n) is 7.25. The lowest BCUT2D eigenvalue weighted by molar-refractivity contribution is -0.140. The maximum Gasteiger partial charge on any atom is 0.320 e. The second-order valence-corrected chi connectivity index (χ2v) is 4.10. The van der Waals surface area contributed by atoms with E-state index in [-0.39, 0.29) is 10.8 Å². The van der Waals surface area contributed by atoms with Gasteiger partial charge in [-0.25, -0.2) is 0 Å². The van der Waals surface area contributed by atoms with Gasteiger partial charge in [0.15, 0.2) is 0 Å². The molecule has 1 aliphatic rings. The van der Waals surface area contributed by atoms with E-state index in [1.807, 2.05) is 0 Å². The average Bonchev–Trinajstić information content (AvgIpc) is 2.55. The molecular formula is C8H14BrNO2. The fourth-order valence-electron chi connectivity index (χ4n) is 1.39. The van der Waals surface area contributed by atoms with Crippen molar-refractivity contribution in [3.05, 3.63) is 0 Å². The molecule has 1 saturated heterocycles. The third-order valence-corrected chi connectivity index (χ3v) is 2.74. The molecule has 3 nitrogen and oxygen atoms in total. The van der Waals surface area contributed by atoms with Gasteiger partial charge >= 0.3 is 5.97 Å². The number of carbonyl (C=O) groups excluding carboxylic acids is 1. The molecule has 1 heterocycles. The maximum absolute atomic E-state index is 11.0. The Kier molecular flexibility index (Phi) is 4.01. The summed E-state index contributed by atoms with van der Waals surface area (Å²) < 4.78 is 4.61. The molecule has 0 bridgehead atoms. The summed E-state index contributed by atoms with van der Waals surface area (Å²) in [6, 6.07) is 0. The Morgan fingerprint density at radius 2 is 2.17 bits per heavy atom. The van der Waals surface area contributed by atoms with Crippen molar-refractivity contribution in [1.82, 2.24) is 4.90 Å². The van der Waals surface area contributed by atoms with Crippen LogP contribution in [-0.4, -0.2) is 42.4 Å². The van der Waals surface area contributed by atoms with Gasteiger partial charge in [-0.2, -0.15) is 0 Å². The Hall–Kier alpha value is -0.0900. The summed E-state index contributed by atoms with van der Waals surface area (Å²) in [5, 5.41) is 0. The molecule has 0 aromatic carbocycles. The Morgan fingerprint density at radius 3 is 2.67 bits per heavy atom. The molecule has 0 aliphatic carbocycles. The van der Waals surface area contributed by atoms with Gasteiger partial charge in [0.25, 0.3) is 0 Å². The molecule has 0 N–H and O–H groups in total. The number of rotatable bonds is 3. The average molecular weight is 236 g/mol. The predicted octanol–water partition coefficient (Wildman–Crippen LogP) is 1.02. The second kappa shape index (κ2) is 4.82. The first-order valence-electron chi connectivity index (χ1n) is 4.18. The van der Waals surface area contributed by atoms with E-state index in [0.29, 0.717) is 0 Å². The van der Waals surface area contributed by atoms with Crippen LogP contribution in [0.5, 0.6) is 0 Å². The fraction of sp³-hybridized carbons (Fsp3) is 0.875. The molecule has 1 unspecified atom stereocenters. The summed E-state index contributed by atoms with van der Waals surface area (Å²) in [4.78, 5) is 13.1. The summed E-state index contributed by atoms with van der Waals surface area (Å²) in [7, 11) is 1.42. The number of ether oxygens (including phenoxy) is 1. The van der Waals surface area contributed by atoms with Gasteiger partial charge in [0, 0.05) is 6.54 Å². The number of esters is 1. The molecule has 1 aliphatic heterocycles. The molecular weight excluding hydrogens is 222 g/mol. The van der Waals surface area contributed by atoms with Gasteiger partial charge < -0.3 is 9.64 Å². The summed E-state index contributed by atoms with van der Waals surface area (Å²) in [5.41, 5.74) is 0. The van der Waals surface area contributed by atoms with Crippen LogP contribution >= 0.6 is 15.9 Å². The Balaban J connectivity index is 2.24. The van der Waals surface area contributed by atoms with E-state index >= 15 is 0 Å². The summed E-state index contributed by atoms with van der Waals surface area (Å²) in [6.07, 6.45) is 2.50. The highest BCUT2D eigenvalue weighted by Gasteiger charge is 2.20. The quantitative estimate of drug-likeness (QED) is 0.541. The first-order valence-corrected chi connectivity index (χ1v) is 5.10. The van der Waals surface area contributed by atoms with Crippen molar-refractivity contribution in [2.45, 2.75) is 17.7 Å². The van der Waals surface area contributed by atoms with Crippen LogP contribution in [0.1, 0.15) is 12.8 Å². The van der Waals surface area contributed by atoms with Crippen molar-refractivity contribution in [2.24, 2.45) is 0 Å². The number of hydrogen-bond donors (Lipinski definition) is 0. The van der Waals surface area contributed by atoms with Gasteiger partial charge in [0.05, 0.1) is 7.11 Å². The molecule has 0 spiro atoms. The molecule has 0 radical (unpaired) electrons. The monoisotopic (exact) mass is 235 g/mol. The molecule has 1 rings (SSSR count). The minimum Gasteiger partial charge on any atom is -0.468 e. The van der Waals surface area contributed by atoms with Gasteiger partial charge in [0.1, 0.15) is 4.83 Å². The van der Waals surface area contributed by atoms with Crippen LogP contribution in [0, 0.1) is 0 Å². The lowest BCUT2D eigenvalue weighted by atomic mass is 10.4. The number of carbonyl (C=O) groups is 1. The normalized spacial score (nSPS) is 20.8. The molecule has 0 aromatic heterocycles. The van der Waals surface area contributed by atoms with Crippen molar-refractivity contribution >= 4 is 21.9 Å². The van der Waals surface area contributed by atoms with Gasteiger partial charge in [-0.3, -0.25) is 4.79 Å². The topological polar surface area (TPSA) is 29.5 Å². The van der Waals surface area contributed by atoms with Crippen molar-refractivity contribution in [2.75, 3.05) is 26.7 Å². The van der Waals surface area contributed by atoms with E-state index in [0.717, 1.165) is 19.6 Å². The number of alkyl halides is 1. The van der Waals surface area contributed by atoms with Crippen LogP contribution in [0.2, 0.25) is 0 Å². The second-order valence-electron chi connectivity index (χ2n) is 3.00. The lowest BCUT2D eigenvalue weighted by Gasteiger charge is -2.16. The molecule has 0 saturated carbocycles. The summed E-state index contributed by atoms with van der Waals surface area (Å²) in [6.45, 7) is 2.99. The molecule has 4 heteroatoms. The minimum atomic E-state index is -0.179.